The molecule has 0 aromatic rings. The molecule has 0 N–H and O–H groups in total. The Kier molecular flexibility index (Phi) is 2.98. The van der Waals surface area contributed by atoms with Gasteiger partial charge in [-0.05, 0) is 5.54 Å². The third-order valence-electron chi connectivity index (χ3n) is 2.24. The van der Waals surface area contributed by atoms with Crippen molar-refractivity contribution < 1.29 is 13.2 Å². The van der Waals surface area contributed by atoms with Crippen LogP contribution in [-0.2, 0) is 0 Å². The molecule has 0 atom stereocenters. The van der Waals surface area contributed by atoms with E-state index in [1.807, 2.05) is 0 Å². The van der Waals surface area contributed by atoms with Crippen LogP contribution in [0, 0.1) is 0 Å². The van der Waals surface area contributed by atoms with Crippen LogP contribution < -0.4 is 0 Å². The lowest BCUT2D eigenvalue weighted by Gasteiger charge is -2.21. The average Bonchev–Trinajstić information content (AvgIpc) is 1.85. The van der Waals surface area contributed by atoms with Crippen LogP contribution in [-0.4, -0.2) is 15.3 Å². The van der Waals surface area contributed by atoms with Gasteiger partial charge in [0.15, 0.2) is 9.52 Å². The van der Waals surface area contributed by atoms with Crippen molar-refractivity contribution >= 4 is 9.52 Å². The van der Waals surface area contributed by atoms with E-state index in [2.05, 4.69) is 0 Å². The molecule has 4 heteroatoms. The summed E-state index contributed by atoms with van der Waals surface area (Å²) < 4.78 is 35.7. The van der Waals surface area contributed by atoms with Crippen molar-refractivity contribution in [2.24, 2.45) is 0 Å². The quantitative estimate of drug-likeness (QED) is 0.546. The number of hydrogen-bond acceptors (Lipinski definition) is 0. The molecule has 1 aliphatic carbocycles. The normalized spacial score (nSPS) is 23.2. The molecule has 1 saturated carbocycles. The number of rotatable bonds is 1. The van der Waals surface area contributed by atoms with E-state index in [1.54, 1.807) is 0 Å². The molecule has 0 radical (unpaired) electrons. The molecule has 0 heterocycles. The molecule has 0 saturated heterocycles. The molecule has 0 aromatic carbocycles. The monoisotopic (exact) mass is 182 g/mol. The Labute approximate surface area is 67.0 Å². The summed E-state index contributed by atoms with van der Waals surface area (Å²) in [6, 6.07) is 0. The Morgan fingerprint density at radius 2 is 1.55 bits per heavy atom. The zero-order valence-electron chi connectivity index (χ0n) is 6.45. The highest BCUT2D eigenvalue weighted by Gasteiger charge is 2.32. The van der Waals surface area contributed by atoms with Gasteiger partial charge in [-0.3, -0.25) is 0 Å². The molecular weight excluding hydrogens is 169 g/mol. The minimum Gasteiger partial charge on any atom is -0.178 e. The summed E-state index contributed by atoms with van der Waals surface area (Å²) in [6.45, 7) is 0. The fourth-order valence-electron chi connectivity index (χ4n) is 1.72. The average molecular weight is 182 g/mol. The van der Waals surface area contributed by atoms with Crippen LogP contribution in [0.2, 0.25) is 5.54 Å². The van der Waals surface area contributed by atoms with Gasteiger partial charge in [-0.15, -0.1) is 0 Å². The standard InChI is InChI=1S/C7H13F3Si/c8-7(9,10)11-6-4-2-1-3-5-6/h6H,1-5,11H2. The second-order valence-corrected chi connectivity index (χ2v) is 5.69. The predicted octanol–water partition coefficient (Wildman–Crippen LogP) is 2.43. The summed E-state index contributed by atoms with van der Waals surface area (Å²) in [4.78, 5) is 0. The lowest BCUT2D eigenvalue weighted by atomic mass is 10.0. The van der Waals surface area contributed by atoms with E-state index in [0.717, 1.165) is 32.1 Å². The van der Waals surface area contributed by atoms with Crippen LogP contribution in [0.4, 0.5) is 13.2 Å². The van der Waals surface area contributed by atoms with Crippen molar-refractivity contribution in [3.63, 3.8) is 0 Å². The van der Waals surface area contributed by atoms with Crippen LogP contribution in [0.3, 0.4) is 0 Å². The minimum absolute atomic E-state index is 0.0590. The van der Waals surface area contributed by atoms with Crippen molar-refractivity contribution in [1.29, 1.82) is 0 Å². The number of hydrogen-bond donors (Lipinski definition) is 0. The minimum atomic E-state index is -3.80. The Morgan fingerprint density at radius 1 is 1.00 bits per heavy atom. The van der Waals surface area contributed by atoms with Crippen LogP contribution in [0.25, 0.3) is 0 Å². The smallest absolute Gasteiger partial charge is 0.178 e. The highest BCUT2D eigenvalue weighted by molar-refractivity contribution is 6.40. The van der Waals surface area contributed by atoms with Crippen molar-refractivity contribution in [3.05, 3.63) is 0 Å². The van der Waals surface area contributed by atoms with Crippen LogP contribution in [0.1, 0.15) is 32.1 Å². The lowest BCUT2D eigenvalue weighted by Crippen LogP contribution is -2.24. The summed E-state index contributed by atoms with van der Waals surface area (Å²) >= 11 is 0. The fraction of sp³-hybridized carbons (Fsp3) is 1.00. The van der Waals surface area contributed by atoms with Crippen LogP contribution >= 0.6 is 0 Å². The molecular formula is C7H13F3Si. The van der Waals surface area contributed by atoms with Gasteiger partial charge in [0.2, 0.25) is 0 Å². The summed E-state index contributed by atoms with van der Waals surface area (Å²) in [5.74, 6) is -3.80. The Morgan fingerprint density at radius 3 is 2.00 bits per heavy atom. The summed E-state index contributed by atoms with van der Waals surface area (Å²) in [5, 5.41) is 0. The SMILES string of the molecule is FC(F)(F)[SiH2]C1CCCCC1. The van der Waals surface area contributed by atoms with Gasteiger partial charge >= 0.3 is 5.80 Å². The van der Waals surface area contributed by atoms with E-state index in [1.165, 1.54) is 0 Å². The van der Waals surface area contributed by atoms with Gasteiger partial charge in [0.05, 0.1) is 0 Å². The predicted molar refractivity (Wildman–Crippen MR) is 41.4 cm³/mol. The van der Waals surface area contributed by atoms with Crippen LogP contribution in [0.5, 0.6) is 0 Å². The van der Waals surface area contributed by atoms with E-state index in [4.69, 9.17) is 0 Å². The molecule has 11 heavy (non-hydrogen) atoms. The molecule has 0 nitrogen and oxygen atoms in total. The van der Waals surface area contributed by atoms with Crippen molar-refractivity contribution in [1.82, 2.24) is 0 Å². The van der Waals surface area contributed by atoms with Gasteiger partial charge in [-0.2, -0.15) is 13.2 Å². The summed E-state index contributed by atoms with van der Waals surface area (Å²) in [6.07, 6.45) is 4.86. The molecule has 0 amide bonds. The number of alkyl halides is 3. The Hall–Kier alpha value is 0.00688. The lowest BCUT2D eigenvalue weighted by molar-refractivity contribution is -0.0487. The van der Waals surface area contributed by atoms with Gasteiger partial charge < -0.3 is 0 Å². The third kappa shape index (κ3) is 3.79. The molecule has 1 rings (SSSR count). The van der Waals surface area contributed by atoms with Gasteiger partial charge in [-0.1, -0.05) is 32.1 Å². The first kappa shape index (κ1) is 9.10. The molecule has 0 bridgehead atoms. The van der Waals surface area contributed by atoms with Crippen LogP contribution in [0.15, 0.2) is 0 Å². The first-order chi connectivity index (χ1) is 5.08. The molecule has 0 unspecified atom stereocenters. The molecule has 66 valence electrons. The topological polar surface area (TPSA) is 0 Å². The van der Waals surface area contributed by atoms with Gasteiger partial charge in [0.25, 0.3) is 0 Å². The fourth-order valence-corrected chi connectivity index (χ4v) is 3.36. The summed E-state index contributed by atoms with van der Waals surface area (Å²) in [5.41, 5.74) is 0.0590. The molecule has 1 fully saturated rings. The van der Waals surface area contributed by atoms with Crippen molar-refractivity contribution in [2.45, 2.75) is 43.4 Å². The maximum atomic E-state index is 11.9. The molecule has 0 spiro atoms. The van der Waals surface area contributed by atoms with Crippen molar-refractivity contribution in [3.8, 4) is 0 Å². The van der Waals surface area contributed by atoms with Gasteiger partial charge in [0.1, 0.15) is 0 Å². The maximum absolute atomic E-state index is 11.9. The summed E-state index contributed by atoms with van der Waals surface area (Å²) in [7, 11) is -1.80. The van der Waals surface area contributed by atoms with E-state index in [-0.39, 0.29) is 5.54 Å². The number of halogens is 3. The second-order valence-electron chi connectivity index (χ2n) is 3.32. The Bertz CT molecular complexity index is 115. The van der Waals surface area contributed by atoms with E-state index in [0.29, 0.717) is 0 Å². The van der Waals surface area contributed by atoms with Gasteiger partial charge in [-0.25, -0.2) is 0 Å². The molecule has 1 aliphatic rings. The highest BCUT2D eigenvalue weighted by Crippen LogP contribution is 2.32. The van der Waals surface area contributed by atoms with Gasteiger partial charge in [0, 0.05) is 0 Å². The van der Waals surface area contributed by atoms with E-state index < -0.39 is 15.3 Å². The first-order valence-electron chi connectivity index (χ1n) is 4.15. The maximum Gasteiger partial charge on any atom is 0.355 e. The highest BCUT2D eigenvalue weighted by atomic mass is 28.2. The van der Waals surface area contributed by atoms with E-state index in [9.17, 15) is 13.2 Å². The third-order valence-corrected chi connectivity index (χ3v) is 4.10. The molecule has 0 aliphatic heterocycles. The second kappa shape index (κ2) is 3.60. The van der Waals surface area contributed by atoms with Crippen molar-refractivity contribution in [2.75, 3.05) is 0 Å². The molecule has 0 aromatic heterocycles. The largest absolute Gasteiger partial charge is 0.355 e. The zero-order chi connectivity index (χ0) is 8.32. The Balaban J connectivity index is 2.24. The van der Waals surface area contributed by atoms with E-state index >= 15 is 0 Å². The zero-order valence-corrected chi connectivity index (χ0v) is 7.87. The first-order valence-corrected chi connectivity index (χ1v) is 5.67.